The summed E-state index contributed by atoms with van der Waals surface area (Å²) >= 11 is 23.3. The SMILES string of the molecule is C.CCCCNc1nc(N)nc(C)c1I.CCCCNc1nc(N)nc(C)c1Sc1cc(C(=O)OC)ccc1OC.CNC(=S)Cl.COC(=O)c1ccc(OC)c(O)c1.COC(=O)c1ccc(OC)c(OC(=S)N(C)C)c1.COC(=O)c1ccc(OC)c(S)c1.COC(=O)c1ccc(OC)c(SC(=O)N(C)C)c1.C[O-].[AlH3].[H-].[H-].[Li+].[Na+].[Na+]. The number of esters is 5. The van der Waals surface area contributed by atoms with Gasteiger partial charge in [0.2, 0.25) is 11.9 Å². The molecule has 2 heterocycles. The van der Waals surface area contributed by atoms with E-state index in [1.165, 1.54) is 104 Å². The summed E-state index contributed by atoms with van der Waals surface area (Å²) in [6.07, 6.45) is 4.40. The van der Waals surface area contributed by atoms with Crippen LogP contribution in [0.25, 0.3) is 0 Å². The van der Waals surface area contributed by atoms with Crippen molar-refractivity contribution in [3.63, 3.8) is 0 Å². The summed E-state index contributed by atoms with van der Waals surface area (Å²) < 4.78 is 55.4. The number of phenols is 1. The number of nitrogen functional groups attached to an aromatic ring is 2. The van der Waals surface area contributed by atoms with E-state index in [9.17, 15) is 33.9 Å². The molecule has 0 aliphatic heterocycles. The fraction of sp³-hybridized carbons (Fsp3) is 0.370. The predicted octanol–water partition coefficient (Wildman–Crippen LogP) is 3.03. The van der Waals surface area contributed by atoms with Crippen molar-refractivity contribution >= 4 is 180 Å². The average molecular weight is 1840 g/mol. The third-order valence-corrected chi connectivity index (χ3v) is 18.0. The van der Waals surface area contributed by atoms with Gasteiger partial charge in [0.05, 0.1) is 129 Å². The van der Waals surface area contributed by atoms with E-state index in [0.717, 1.165) is 81.8 Å². The van der Waals surface area contributed by atoms with Crippen LogP contribution in [0.1, 0.15) is 113 Å². The van der Waals surface area contributed by atoms with Gasteiger partial charge >= 0.3 is 108 Å². The van der Waals surface area contributed by atoms with Crippen LogP contribution in [-0.4, -0.2) is 223 Å². The van der Waals surface area contributed by atoms with Crippen LogP contribution in [0.4, 0.5) is 28.3 Å². The maximum Gasteiger partial charge on any atom is 1.00 e. The summed E-state index contributed by atoms with van der Waals surface area (Å²) in [5, 5.41) is 26.8. The largest absolute Gasteiger partial charge is 1.00 e. The molecule has 0 aliphatic rings. The Balaban J connectivity index is -0.000000198. The number of aryl methyl sites for hydroxylation is 2. The number of thiocarbonyl (C=S) groups is 2. The van der Waals surface area contributed by atoms with E-state index >= 15 is 0 Å². The number of thioether (sulfide) groups is 1. The van der Waals surface area contributed by atoms with Crippen molar-refractivity contribution in [2.45, 2.75) is 80.4 Å². The molecule has 0 fully saturated rings. The smallest absolute Gasteiger partial charge is 1.00 e. The van der Waals surface area contributed by atoms with Gasteiger partial charge in [0.15, 0.2) is 44.8 Å². The number of phenolic OH excluding ortho intramolecular Hbond substituents is 1. The van der Waals surface area contributed by atoms with Crippen molar-refractivity contribution in [2.75, 3.05) is 149 Å². The second-order valence-corrected chi connectivity index (χ2v) is 26.2. The molecule has 5 aromatic carbocycles. The van der Waals surface area contributed by atoms with Gasteiger partial charge < -0.3 is 102 Å². The molecule has 30 nitrogen and oxygen atoms in total. The van der Waals surface area contributed by atoms with Crippen LogP contribution in [0.15, 0.2) is 111 Å². The summed E-state index contributed by atoms with van der Waals surface area (Å²) in [6.45, 7) is 9.82. The third kappa shape index (κ3) is 43.9. The number of amides is 1. The van der Waals surface area contributed by atoms with Crippen molar-refractivity contribution in [1.29, 1.82) is 0 Å². The number of hydrogen-bond donors (Lipinski definition) is 7. The van der Waals surface area contributed by atoms with Crippen molar-refractivity contribution in [3.8, 4) is 40.2 Å². The third-order valence-electron chi connectivity index (χ3n) is 13.2. The average Bonchev–Trinajstić information content (AvgIpc) is 0.812. The standard InChI is InChI=1S/C18H24N4O3S.2C12H15NO4S.C9H15IN4.C9H10O4.C9H10O3S.C2H4ClNS.CH3O.CH4.Al.Li.2Na.5H/c1-5-6-9-20-16-15(11(2)21-18(19)22-16)26-14-10-12(17(23)25-4)7-8-13(14)24-3;1-13(2)12(15)18-10-7-8(11(14)17-4)5-6-9(10)16-3;1-13(2)12(18)17-10-7-8(11(14)16-4)5-6-9(10)15-3;1-3-4-5-12-8-7(10)6(2)13-9(11)14-8;1-12-8-4-3-6(5-7(8)10)9(11)13-2;1-11-7-4-3-6(5-8(7)13)9(10)12-2;1-4-2(3)5;1-2;;;;;;;;;;/h7-8,10H,5-6,9H2,1-4H3,(H3,19,20,21,22);2*5-7H,1-4H3;3-5H2,1-2H3,(H3,11,12,13,14);3-5,10H,1-2H3;3-5,13H,1-2H3;1H3,(H,4,5);1H3;1H4;;;;;;;;;/q;;;;;;;-1;;;3*+1;;;;2*-1. The fourth-order valence-corrected chi connectivity index (χ4v) is 10.3. The Hall–Kier alpha value is -6.18. The van der Waals surface area contributed by atoms with Gasteiger partial charge in [-0.3, -0.25) is 4.79 Å². The molecule has 0 bridgehead atoms. The summed E-state index contributed by atoms with van der Waals surface area (Å²) in [5.74, 6) is 2.87. The Bertz CT molecular complexity index is 3980. The molecule has 2 aromatic heterocycles. The number of unbranched alkanes of at least 4 members (excludes halogenated alkanes) is 2. The number of nitrogens with zero attached hydrogens (tertiary/aromatic N) is 6. The van der Waals surface area contributed by atoms with E-state index in [-0.39, 0.29) is 134 Å². The minimum atomic E-state index is -0.488. The number of carbonyl (C=O) groups is 6. The molecule has 0 aliphatic carbocycles. The Labute approximate surface area is 782 Å². The van der Waals surface area contributed by atoms with Gasteiger partial charge in [0.1, 0.15) is 28.9 Å². The molecular formula is C73H105AlClILiN11Na2O19S5. The molecule has 0 unspecified atom stereocenters. The number of rotatable bonds is 22. The fourth-order valence-electron chi connectivity index (χ4n) is 7.65. The van der Waals surface area contributed by atoms with Gasteiger partial charge in [0, 0.05) is 53.2 Å². The first kappa shape index (κ1) is 119. The molecule has 7 rings (SSSR count). The number of nitrogens with two attached hydrogens (primary N) is 2. The molecule has 8 N–H and O–H groups in total. The number of carbonyl (C=O) groups excluding carboxylic acids is 6. The van der Waals surface area contributed by atoms with Crippen molar-refractivity contribution < 1.29 is 172 Å². The van der Waals surface area contributed by atoms with Crippen LogP contribution in [0, 0.1) is 17.4 Å². The number of benzene rings is 5. The molecule has 0 spiro atoms. The minimum Gasteiger partial charge on any atom is -1.00 e. The van der Waals surface area contributed by atoms with Crippen LogP contribution in [0.3, 0.4) is 0 Å². The first-order valence-corrected chi connectivity index (χ1v) is 36.5. The number of ether oxygens (including phenoxy) is 11. The van der Waals surface area contributed by atoms with Crippen molar-refractivity contribution in [3.05, 3.63) is 134 Å². The molecule has 616 valence electrons. The number of hydrogen-bond acceptors (Lipinski definition) is 32. The molecule has 7 aromatic rings. The van der Waals surface area contributed by atoms with Crippen LogP contribution < -0.4 is 139 Å². The van der Waals surface area contributed by atoms with Gasteiger partial charge in [-0.2, -0.15) is 17.1 Å². The van der Waals surface area contributed by atoms with Crippen LogP contribution in [-0.2, 0) is 23.7 Å². The van der Waals surface area contributed by atoms with Gasteiger partial charge in [0.25, 0.3) is 10.4 Å². The number of nitrogens with one attached hydrogen (secondary N) is 3. The van der Waals surface area contributed by atoms with Crippen LogP contribution in [0.5, 0.6) is 40.2 Å². The zero-order valence-corrected chi connectivity index (χ0v) is 78.4. The van der Waals surface area contributed by atoms with Crippen LogP contribution in [0.2, 0.25) is 0 Å². The van der Waals surface area contributed by atoms with Gasteiger partial charge in [-0.25, -0.2) is 33.9 Å². The summed E-state index contributed by atoms with van der Waals surface area (Å²) in [4.78, 5) is 91.1. The van der Waals surface area contributed by atoms with Crippen LogP contribution >= 0.6 is 94.8 Å². The maximum atomic E-state index is 11.8. The quantitative estimate of drug-likeness (QED) is 0.00490. The van der Waals surface area contributed by atoms with Gasteiger partial charge in [-0.1, -0.05) is 57.5 Å². The number of methoxy groups -OCH3 is 10. The molecule has 114 heavy (non-hydrogen) atoms. The van der Waals surface area contributed by atoms with E-state index in [1.54, 1.807) is 121 Å². The van der Waals surface area contributed by atoms with E-state index in [2.05, 4.69) is 116 Å². The van der Waals surface area contributed by atoms with Crippen molar-refractivity contribution in [1.82, 2.24) is 35.1 Å². The monoisotopic (exact) mass is 1840 g/mol. The molecule has 1 amide bonds. The summed E-state index contributed by atoms with van der Waals surface area (Å²) in [7, 11) is 23.5. The Morgan fingerprint density at radius 2 is 0.912 bits per heavy atom. The van der Waals surface area contributed by atoms with E-state index in [0.29, 0.717) is 88.3 Å². The minimum absolute atomic E-state index is 0. The van der Waals surface area contributed by atoms with Gasteiger partial charge in [-0.05, 0) is 176 Å². The molecule has 0 radical (unpaired) electrons. The number of thiol groups is 1. The Morgan fingerprint density at radius 1 is 0.561 bits per heavy atom. The van der Waals surface area contributed by atoms with Gasteiger partial charge in [-0.15, -0.1) is 12.6 Å². The zero-order chi connectivity index (χ0) is 83.0. The number of halogens is 2. The first-order valence-electron chi connectivity index (χ1n) is 32.1. The first-order chi connectivity index (χ1) is 51.8. The second-order valence-electron chi connectivity index (χ2n) is 21.2. The Kier molecular flexibility index (Phi) is 69.5. The predicted molar refractivity (Wildman–Crippen MR) is 461 cm³/mol. The van der Waals surface area contributed by atoms with Crippen molar-refractivity contribution in [2.24, 2.45) is 0 Å². The second kappa shape index (κ2) is 66.8. The summed E-state index contributed by atoms with van der Waals surface area (Å²) in [6, 6.07) is 23.9. The number of anilines is 4. The Morgan fingerprint density at radius 3 is 1.29 bits per heavy atom. The topological polar surface area (TPSA) is 393 Å². The molecule has 0 saturated carbocycles. The summed E-state index contributed by atoms with van der Waals surface area (Å²) in [5.41, 5.74) is 15.0. The zero-order valence-electron chi connectivity index (χ0n) is 69.4. The normalized spacial score (nSPS) is 9.19. The van der Waals surface area contributed by atoms with E-state index in [1.807, 2.05) is 13.8 Å². The number of aromatic hydroxyl groups is 1. The molecule has 0 saturated heterocycles. The van der Waals surface area contributed by atoms with E-state index < -0.39 is 23.9 Å². The number of aromatic nitrogens is 4. The molecule has 0 atom stereocenters. The van der Waals surface area contributed by atoms with E-state index in [4.69, 9.17) is 73.6 Å². The molecule has 41 heteroatoms. The molecular weight excluding hydrogens is 1740 g/mol. The maximum absolute atomic E-state index is 11.8.